The Morgan fingerprint density at radius 1 is 0.970 bits per heavy atom. The number of likely N-dealkylation sites (tertiary alicyclic amines) is 2. The van der Waals surface area contributed by atoms with E-state index in [-0.39, 0.29) is 29.5 Å². The van der Waals surface area contributed by atoms with Gasteiger partial charge in [-0.15, -0.1) is 0 Å². The van der Waals surface area contributed by atoms with Crippen LogP contribution >= 0.6 is 0 Å². The van der Waals surface area contributed by atoms with Crippen LogP contribution in [0.3, 0.4) is 0 Å². The van der Waals surface area contributed by atoms with Gasteiger partial charge in [0.15, 0.2) is 0 Å². The van der Waals surface area contributed by atoms with Crippen LogP contribution < -0.4 is 0 Å². The normalized spacial score (nSPS) is 19.4. The summed E-state index contributed by atoms with van der Waals surface area (Å²) in [6, 6.07) is 9.78. The third-order valence-corrected chi connectivity index (χ3v) is 6.85. The third kappa shape index (κ3) is 4.89. The van der Waals surface area contributed by atoms with Crippen molar-refractivity contribution in [3.05, 3.63) is 69.0 Å². The Hall–Kier alpha value is -3.29. The highest BCUT2D eigenvalue weighted by Gasteiger charge is 2.31. The molecule has 1 aromatic heterocycles. The second-order valence-corrected chi connectivity index (χ2v) is 9.10. The summed E-state index contributed by atoms with van der Waals surface area (Å²) in [5.41, 5.74) is 2.84. The van der Waals surface area contributed by atoms with E-state index < -0.39 is 4.92 Å². The van der Waals surface area contributed by atoms with E-state index in [2.05, 4.69) is 6.92 Å². The molecular formula is C25H30N4O4. The van der Waals surface area contributed by atoms with Gasteiger partial charge in [0.2, 0.25) is 0 Å². The van der Waals surface area contributed by atoms with Crippen molar-refractivity contribution < 1.29 is 14.5 Å². The predicted octanol–water partition coefficient (Wildman–Crippen LogP) is 4.33. The molecule has 0 saturated carbocycles. The van der Waals surface area contributed by atoms with E-state index in [4.69, 9.17) is 4.98 Å². The number of nitro groups is 1. The average Bonchev–Trinajstić information content (AvgIpc) is 2.83. The lowest BCUT2D eigenvalue weighted by Crippen LogP contribution is -2.43. The minimum absolute atomic E-state index is 0.0315. The quantitative estimate of drug-likeness (QED) is 0.510. The van der Waals surface area contributed by atoms with Gasteiger partial charge >= 0.3 is 0 Å². The molecule has 1 aromatic carbocycles. The fourth-order valence-electron chi connectivity index (χ4n) is 4.89. The zero-order chi connectivity index (χ0) is 23.5. The van der Waals surface area contributed by atoms with Crippen molar-refractivity contribution in [2.75, 3.05) is 19.6 Å². The van der Waals surface area contributed by atoms with E-state index in [1.165, 1.54) is 24.3 Å². The molecule has 1 unspecified atom stereocenters. The Morgan fingerprint density at radius 3 is 2.30 bits per heavy atom. The Bertz CT molecular complexity index is 1040. The largest absolute Gasteiger partial charge is 0.339 e. The monoisotopic (exact) mass is 450 g/mol. The summed E-state index contributed by atoms with van der Waals surface area (Å²) >= 11 is 0. The van der Waals surface area contributed by atoms with Crippen molar-refractivity contribution in [1.82, 2.24) is 14.8 Å². The van der Waals surface area contributed by atoms with Gasteiger partial charge in [0.25, 0.3) is 17.5 Å². The maximum atomic E-state index is 13.4. The van der Waals surface area contributed by atoms with Crippen molar-refractivity contribution in [3.8, 4) is 0 Å². The van der Waals surface area contributed by atoms with Gasteiger partial charge in [-0.25, -0.2) is 0 Å². The molecule has 2 aliphatic heterocycles. The maximum Gasteiger partial charge on any atom is 0.269 e. The number of rotatable bonds is 4. The first-order valence-corrected chi connectivity index (χ1v) is 11.7. The lowest BCUT2D eigenvalue weighted by atomic mass is 9.89. The summed E-state index contributed by atoms with van der Waals surface area (Å²) in [4.78, 5) is 45.2. The number of non-ortho nitro benzene ring substituents is 1. The second kappa shape index (κ2) is 9.68. The molecule has 3 heterocycles. The lowest BCUT2D eigenvalue weighted by Gasteiger charge is -2.35. The van der Waals surface area contributed by atoms with Crippen molar-refractivity contribution in [2.24, 2.45) is 0 Å². The highest BCUT2D eigenvalue weighted by molar-refractivity contribution is 5.96. The van der Waals surface area contributed by atoms with E-state index in [1.54, 1.807) is 4.90 Å². The number of aryl methyl sites for hydroxylation is 1. The molecule has 0 spiro atoms. The van der Waals surface area contributed by atoms with Gasteiger partial charge < -0.3 is 9.80 Å². The van der Waals surface area contributed by atoms with Crippen LogP contribution in [0.5, 0.6) is 0 Å². The fraction of sp³-hybridized carbons (Fsp3) is 0.480. The average molecular weight is 451 g/mol. The van der Waals surface area contributed by atoms with Crippen molar-refractivity contribution in [3.63, 3.8) is 0 Å². The van der Waals surface area contributed by atoms with Gasteiger partial charge in [-0.1, -0.05) is 0 Å². The number of hydrogen-bond donors (Lipinski definition) is 0. The van der Waals surface area contributed by atoms with Gasteiger partial charge in [-0.05, 0) is 70.2 Å². The molecule has 8 heteroatoms. The molecule has 4 rings (SSSR count). The summed E-state index contributed by atoms with van der Waals surface area (Å²) in [7, 11) is 0. The first-order valence-electron chi connectivity index (χ1n) is 11.7. The summed E-state index contributed by atoms with van der Waals surface area (Å²) in [5.74, 6) is 0.0536. The molecule has 0 aliphatic carbocycles. The van der Waals surface area contributed by atoms with E-state index in [0.717, 1.165) is 50.0 Å². The molecule has 2 amide bonds. The molecule has 0 bridgehead atoms. The number of piperidine rings is 2. The van der Waals surface area contributed by atoms with Gasteiger partial charge in [0.05, 0.1) is 16.2 Å². The Kier molecular flexibility index (Phi) is 6.72. The van der Waals surface area contributed by atoms with Crippen LogP contribution in [0.2, 0.25) is 0 Å². The van der Waals surface area contributed by atoms with E-state index in [1.807, 2.05) is 24.0 Å². The van der Waals surface area contributed by atoms with Crippen LogP contribution in [0, 0.1) is 17.0 Å². The van der Waals surface area contributed by atoms with Crippen LogP contribution in [0.25, 0.3) is 0 Å². The number of hydrogen-bond acceptors (Lipinski definition) is 5. The number of nitrogens with zero attached hydrogens (tertiary/aromatic N) is 4. The number of carbonyl (C=O) groups excluding carboxylic acids is 2. The Morgan fingerprint density at radius 2 is 1.67 bits per heavy atom. The molecule has 0 radical (unpaired) electrons. The number of nitro benzene ring substituents is 1. The predicted molar refractivity (Wildman–Crippen MR) is 124 cm³/mol. The first kappa shape index (κ1) is 22.9. The molecular weight excluding hydrogens is 420 g/mol. The summed E-state index contributed by atoms with van der Waals surface area (Å²) in [6.45, 7) is 5.96. The first-order chi connectivity index (χ1) is 15.8. The molecule has 2 aliphatic rings. The molecule has 8 nitrogen and oxygen atoms in total. The standard InChI is InChI=1S/C25H30N4O4/c1-17-6-11-22(25(31)28-14-4-3-5-18(28)2)23(26-17)19-12-15-27(16-13-19)24(30)20-7-9-21(10-8-20)29(32)33/h6-11,18-19H,3-5,12-16H2,1-2H3. The van der Waals surface area contributed by atoms with E-state index in [9.17, 15) is 19.7 Å². The Labute approximate surface area is 193 Å². The number of pyridine rings is 1. The zero-order valence-electron chi connectivity index (χ0n) is 19.2. The van der Waals surface area contributed by atoms with Crippen molar-refractivity contribution in [1.29, 1.82) is 0 Å². The fourth-order valence-corrected chi connectivity index (χ4v) is 4.89. The Balaban J connectivity index is 1.47. The van der Waals surface area contributed by atoms with Crippen LogP contribution in [-0.4, -0.2) is 57.2 Å². The SMILES string of the molecule is Cc1ccc(C(=O)N2CCCCC2C)c(C2CCN(C(=O)c3ccc([N+](=O)[O-])cc3)CC2)n1. The van der Waals surface area contributed by atoms with Gasteiger partial charge in [0.1, 0.15) is 0 Å². The number of amides is 2. The van der Waals surface area contributed by atoms with Gasteiger partial charge in [0, 0.05) is 55.0 Å². The summed E-state index contributed by atoms with van der Waals surface area (Å²) < 4.78 is 0. The molecule has 2 saturated heterocycles. The lowest BCUT2D eigenvalue weighted by molar-refractivity contribution is -0.384. The van der Waals surface area contributed by atoms with E-state index >= 15 is 0 Å². The minimum atomic E-state index is -0.474. The minimum Gasteiger partial charge on any atom is -0.339 e. The van der Waals surface area contributed by atoms with Gasteiger partial charge in [-0.2, -0.15) is 0 Å². The van der Waals surface area contributed by atoms with Crippen LogP contribution in [0.15, 0.2) is 36.4 Å². The van der Waals surface area contributed by atoms with Crippen LogP contribution in [0.4, 0.5) is 5.69 Å². The molecule has 2 fully saturated rings. The zero-order valence-corrected chi connectivity index (χ0v) is 19.2. The van der Waals surface area contributed by atoms with E-state index in [0.29, 0.717) is 24.2 Å². The maximum absolute atomic E-state index is 13.4. The third-order valence-electron chi connectivity index (χ3n) is 6.85. The van der Waals surface area contributed by atoms with Crippen LogP contribution in [-0.2, 0) is 0 Å². The second-order valence-electron chi connectivity index (χ2n) is 9.10. The topological polar surface area (TPSA) is 96.7 Å². The van der Waals surface area contributed by atoms with Crippen LogP contribution in [0.1, 0.15) is 77.0 Å². The molecule has 174 valence electrons. The number of benzene rings is 1. The van der Waals surface area contributed by atoms with Crippen molar-refractivity contribution in [2.45, 2.75) is 57.9 Å². The highest BCUT2D eigenvalue weighted by atomic mass is 16.6. The molecule has 0 N–H and O–H groups in total. The summed E-state index contributed by atoms with van der Waals surface area (Å²) in [6.07, 6.45) is 4.68. The van der Waals surface area contributed by atoms with Gasteiger partial charge in [-0.3, -0.25) is 24.7 Å². The number of carbonyl (C=O) groups is 2. The highest BCUT2D eigenvalue weighted by Crippen LogP contribution is 2.31. The number of aromatic nitrogens is 1. The molecule has 2 aromatic rings. The molecule has 33 heavy (non-hydrogen) atoms. The van der Waals surface area contributed by atoms with Crippen molar-refractivity contribution >= 4 is 17.5 Å². The molecule has 1 atom stereocenters. The smallest absolute Gasteiger partial charge is 0.269 e. The summed E-state index contributed by atoms with van der Waals surface area (Å²) in [5, 5.41) is 10.9.